The van der Waals surface area contributed by atoms with E-state index in [0.29, 0.717) is 26.4 Å². The molecule has 0 N–H and O–H groups in total. The molecule has 2 fully saturated rings. The first-order valence-electron chi connectivity index (χ1n) is 12.5. The topological polar surface area (TPSA) is 55.4 Å². The summed E-state index contributed by atoms with van der Waals surface area (Å²) in [5.74, 6) is -0.737. The third-order valence-corrected chi connectivity index (χ3v) is 6.38. The summed E-state index contributed by atoms with van der Waals surface area (Å²) in [6, 6.07) is 30.3. The highest BCUT2D eigenvalue weighted by Gasteiger charge is 2.57. The van der Waals surface area contributed by atoms with Crippen molar-refractivity contribution in [2.75, 3.05) is 6.61 Å². The van der Waals surface area contributed by atoms with Gasteiger partial charge in [-0.05, 0) is 30.5 Å². The maximum absolute atomic E-state index is 6.44. The van der Waals surface area contributed by atoms with E-state index >= 15 is 0 Å². The van der Waals surface area contributed by atoms with Crippen LogP contribution in [0.1, 0.15) is 30.5 Å². The van der Waals surface area contributed by atoms with E-state index in [1.165, 1.54) is 0 Å². The molecule has 5 atom stereocenters. The number of rotatable bonds is 11. The Kier molecular flexibility index (Phi) is 8.12. The summed E-state index contributed by atoms with van der Waals surface area (Å²) in [5.41, 5.74) is 3.27. The highest BCUT2D eigenvalue weighted by molar-refractivity contribution is 5.15. The molecule has 3 aromatic rings. The van der Waals surface area contributed by atoms with E-state index in [9.17, 15) is 0 Å². The van der Waals surface area contributed by atoms with Gasteiger partial charge in [0.1, 0.15) is 24.4 Å². The van der Waals surface area contributed by atoms with Gasteiger partial charge in [0.2, 0.25) is 0 Å². The minimum Gasteiger partial charge on any atom is -0.374 e. The van der Waals surface area contributed by atoms with Gasteiger partial charge < -0.3 is 28.4 Å². The molecule has 0 aliphatic carbocycles. The first kappa shape index (κ1) is 25.1. The largest absolute Gasteiger partial charge is 0.374 e. The third-order valence-electron chi connectivity index (χ3n) is 6.38. The number of hydrogen-bond acceptors (Lipinski definition) is 6. The van der Waals surface area contributed by atoms with Crippen LogP contribution in [0.25, 0.3) is 0 Å². The Balaban J connectivity index is 1.32. The molecule has 0 saturated carbocycles. The molecule has 190 valence electrons. The van der Waals surface area contributed by atoms with Crippen LogP contribution in [0, 0.1) is 0 Å². The van der Waals surface area contributed by atoms with Crippen LogP contribution in [0.3, 0.4) is 0 Å². The summed E-state index contributed by atoms with van der Waals surface area (Å²) in [6.45, 7) is 5.50. The Labute approximate surface area is 213 Å². The molecule has 0 aromatic heterocycles. The molecule has 36 heavy (non-hydrogen) atoms. The van der Waals surface area contributed by atoms with Crippen molar-refractivity contribution in [3.63, 3.8) is 0 Å². The summed E-state index contributed by atoms with van der Waals surface area (Å²) in [5, 5.41) is 0. The number of ether oxygens (including phenoxy) is 6. The van der Waals surface area contributed by atoms with Gasteiger partial charge >= 0.3 is 0 Å². The lowest BCUT2D eigenvalue weighted by molar-refractivity contribution is -0.238. The molecule has 2 aliphatic rings. The predicted molar refractivity (Wildman–Crippen MR) is 135 cm³/mol. The van der Waals surface area contributed by atoms with Crippen molar-refractivity contribution in [3.8, 4) is 0 Å². The first-order chi connectivity index (χ1) is 17.6. The Hall–Kier alpha value is -2.58. The van der Waals surface area contributed by atoms with Crippen molar-refractivity contribution >= 4 is 0 Å². The van der Waals surface area contributed by atoms with Gasteiger partial charge in [0.05, 0.1) is 26.4 Å². The summed E-state index contributed by atoms with van der Waals surface area (Å²) in [6.07, 6.45) is -2.05. The van der Waals surface area contributed by atoms with Gasteiger partial charge in [-0.3, -0.25) is 0 Å². The van der Waals surface area contributed by atoms with E-state index in [1.807, 2.05) is 105 Å². The standard InChI is InChI=1S/C30H34O6/c1-30(2)35-28-27(33-20-24-16-10-5-11-17-24)26(34-29(28)36-30)25(32-19-23-14-8-4-9-15-23)21-31-18-22-12-6-3-7-13-22/h3-17,25-29H,18-21H2,1-2H3/t25-,26-,27+,28-,29+/m1/s1. The van der Waals surface area contributed by atoms with Crippen LogP contribution in [0.5, 0.6) is 0 Å². The maximum Gasteiger partial charge on any atom is 0.190 e. The van der Waals surface area contributed by atoms with Gasteiger partial charge in [-0.1, -0.05) is 91.0 Å². The Morgan fingerprint density at radius 3 is 1.89 bits per heavy atom. The fourth-order valence-corrected chi connectivity index (χ4v) is 4.64. The average molecular weight is 491 g/mol. The van der Waals surface area contributed by atoms with E-state index in [-0.39, 0.29) is 18.3 Å². The van der Waals surface area contributed by atoms with Crippen LogP contribution in [0.4, 0.5) is 0 Å². The molecular formula is C30H34O6. The van der Waals surface area contributed by atoms with Crippen molar-refractivity contribution in [3.05, 3.63) is 108 Å². The third kappa shape index (κ3) is 6.40. The van der Waals surface area contributed by atoms with Gasteiger partial charge in [-0.25, -0.2) is 0 Å². The summed E-state index contributed by atoms with van der Waals surface area (Å²) in [4.78, 5) is 0. The highest BCUT2D eigenvalue weighted by Crippen LogP contribution is 2.40. The smallest absolute Gasteiger partial charge is 0.190 e. The van der Waals surface area contributed by atoms with Crippen molar-refractivity contribution in [2.24, 2.45) is 0 Å². The van der Waals surface area contributed by atoms with Crippen LogP contribution >= 0.6 is 0 Å². The molecule has 0 bridgehead atoms. The fraction of sp³-hybridized carbons (Fsp3) is 0.400. The van der Waals surface area contributed by atoms with Crippen LogP contribution in [-0.2, 0) is 48.2 Å². The molecular weight excluding hydrogens is 456 g/mol. The van der Waals surface area contributed by atoms with Crippen molar-refractivity contribution < 1.29 is 28.4 Å². The first-order valence-corrected chi connectivity index (χ1v) is 12.5. The maximum atomic E-state index is 6.44. The van der Waals surface area contributed by atoms with E-state index in [0.717, 1.165) is 16.7 Å². The van der Waals surface area contributed by atoms with Crippen molar-refractivity contribution in [2.45, 2.75) is 70.2 Å². The minimum atomic E-state index is -0.737. The second-order valence-corrected chi connectivity index (χ2v) is 9.67. The van der Waals surface area contributed by atoms with Gasteiger partial charge in [0.15, 0.2) is 12.1 Å². The average Bonchev–Trinajstić information content (AvgIpc) is 3.38. The van der Waals surface area contributed by atoms with Gasteiger partial charge in [0, 0.05) is 0 Å². The summed E-state index contributed by atoms with van der Waals surface area (Å²) in [7, 11) is 0. The van der Waals surface area contributed by atoms with E-state index in [2.05, 4.69) is 0 Å². The Bertz CT molecular complexity index is 1060. The molecule has 3 aromatic carbocycles. The molecule has 2 aliphatic heterocycles. The van der Waals surface area contributed by atoms with Gasteiger partial charge in [-0.2, -0.15) is 0 Å². The number of fused-ring (bicyclic) bond motifs is 1. The zero-order valence-electron chi connectivity index (χ0n) is 20.8. The molecule has 5 rings (SSSR count). The van der Waals surface area contributed by atoms with E-state index < -0.39 is 18.2 Å². The second kappa shape index (κ2) is 11.6. The molecule has 0 amide bonds. The quantitative estimate of drug-likeness (QED) is 0.366. The summed E-state index contributed by atoms with van der Waals surface area (Å²) < 4.78 is 37.6. The zero-order valence-corrected chi connectivity index (χ0v) is 20.8. The zero-order chi connectivity index (χ0) is 24.8. The SMILES string of the molecule is CC1(C)O[C@@H]2O[C@H]([C@@H](COCc3ccccc3)OCc3ccccc3)[C@H](OCc3ccccc3)[C@H]2O1. The Morgan fingerprint density at radius 2 is 1.28 bits per heavy atom. The van der Waals surface area contributed by atoms with E-state index in [1.54, 1.807) is 0 Å². The van der Waals surface area contributed by atoms with Crippen LogP contribution in [0.2, 0.25) is 0 Å². The molecule has 6 heteroatoms. The van der Waals surface area contributed by atoms with E-state index in [4.69, 9.17) is 28.4 Å². The van der Waals surface area contributed by atoms with Crippen molar-refractivity contribution in [1.82, 2.24) is 0 Å². The molecule has 2 heterocycles. The number of hydrogen-bond donors (Lipinski definition) is 0. The lowest BCUT2D eigenvalue weighted by Gasteiger charge is -2.31. The minimum absolute atomic E-state index is 0.348. The highest BCUT2D eigenvalue weighted by atomic mass is 16.8. The van der Waals surface area contributed by atoms with Gasteiger partial charge in [-0.15, -0.1) is 0 Å². The second-order valence-electron chi connectivity index (χ2n) is 9.67. The van der Waals surface area contributed by atoms with Crippen molar-refractivity contribution in [1.29, 1.82) is 0 Å². The normalized spacial score (nSPS) is 25.5. The lowest BCUT2D eigenvalue weighted by Crippen LogP contribution is -2.45. The van der Waals surface area contributed by atoms with Gasteiger partial charge in [0.25, 0.3) is 0 Å². The molecule has 0 radical (unpaired) electrons. The fourth-order valence-electron chi connectivity index (χ4n) is 4.64. The molecule has 0 unspecified atom stereocenters. The summed E-state index contributed by atoms with van der Waals surface area (Å²) >= 11 is 0. The lowest BCUT2D eigenvalue weighted by atomic mass is 10.1. The molecule has 2 saturated heterocycles. The number of benzene rings is 3. The van der Waals surface area contributed by atoms with Crippen LogP contribution in [0.15, 0.2) is 91.0 Å². The predicted octanol–water partition coefficient (Wildman–Crippen LogP) is 5.25. The van der Waals surface area contributed by atoms with Crippen LogP contribution in [-0.4, -0.2) is 43.1 Å². The molecule has 6 nitrogen and oxygen atoms in total. The Morgan fingerprint density at radius 1 is 0.722 bits per heavy atom. The monoisotopic (exact) mass is 490 g/mol. The molecule has 0 spiro atoms. The van der Waals surface area contributed by atoms with Crippen LogP contribution < -0.4 is 0 Å².